The lowest BCUT2D eigenvalue weighted by Crippen LogP contribution is -2.59. The summed E-state index contributed by atoms with van der Waals surface area (Å²) >= 11 is 6.03. The number of rotatable bonds is 5. The summed E-state index contributed by atoms with van der Waals surface area (Å²) in [6, 6.07) is 0.00172. The van der Waals surface area contributed by atoms with Gasteiger partial charge in [0.1, 0.15) is 0 Å². The van der Waals surface area contributed by atoms with Crippen LogP contribution in [0.4, 0.5) is 0 Å². The van der Waals surface area contributed by atoms with Crippen LogP contribution in [0.2, 0.25) is 0 Å². The number of sulfonamides is 1. The van der Waals surface area contributed by atoms with E-state index in [-0.39, 0.29) is 22.6 Å². The summed E-state index contributed by atoms with van der Waals surface area (Å²) in [6.07, 6.45) is 2.35. The van der Waals surface area contributed by atoms with Crippen LogP contribution in [0, 0.1) is 5.41 Å². The maximum Gasteiger partial charge on any atom is 0.211 e. The average molecular weight is 254 g/mol. The van der Waals surface area contributed by atoms with Crippen molar-refractivity contribution in [1.82, 2.24) is 4.72 Å². The first kappa shape index (κ1) is 13.3. The highest BCUT2D eigenvalue weighted by Crippen LogP contribution is 2.44. The van der Waals surface area contributed by atoms with Gasteiger partial charge in [-0.3, -0.25) is 0 Å². The Balaban J connectivity index is 2.49. The number of hydrogen-bond donors (Lipinski definition) is 1. The average Bonchev–Trinajstić information content (AvgIpc) is 2.14. The minimum Gasteiger partial charge on any atom is -0.212 e. The molecule has 1 aliphatic rings. The molecule has 0 aromatic carbocycles. The van der Waals surface area contributed by atoms with E-state index < -0.39 is 10.0 Å². The van der Waals surface area contributed by atoms with Crippen molar-refractivity contribution in [3.05, 3.63) is 0 Å². The molecule has 0 aliphatic heterocycles. The van der Waals surface area contributed by atoms with Crippen molar-refractivity contribution in [2.75, 3.05) is 5.75 Å². The zero-order valence-corrected chi connectivity index (χ0v) is 11.2. The van der Waals surface area contributed by atoms with E-state index in [1.807, 2.05) is 20.8 Å². The molecule has 15 heavy (non-hydrogen) atoms. The van der Waals surface area contributed by atoms with Gasteiger partial charge in [-0.05, 0) is 18.3 Å². The quantitative estimate of drug-likeness (QED) is 0.763. The molecule has 0 amide bonds. The Hall–Kier alpha value is 0.200. The van der Waals surface area contributed by atoms with Gasteiger partial charge in [0.2, 0.25) is 10.0 Å². The first-order chi connectivity index (χ1) is 6.79. The molecule has 0 radical (unpaired) electrons. The Morgan fingerprint density at radius 2 is 2.07 bits per heavy atom. The molecular formula is C10H20ClNO2S. The van der Waals surface area contributed by atoms with E-state index in [9.17, 15) is 8.42 Å². The Morgan fingerprint density at radius 1 is 1.47 bits per heavy atom. The smallest absolute Gasteiger partial charge is 0.211 e. The maximum absolute atomic E-state index is 11.6. The van der Waals surface area contributed by atoms with E-state index >= 15 is 0 Å². The topological polar surface area (TPSA) is 46.2 Å². The van der Waals surface area contributed by atoms with E-state index in [0.717, 1.165) is 12.8 Å². The lowest BCUT2D eigenvalue weighted by Gasteiger charge is -2.49. The summed E-state index contributed by atoms with van der Waals surface area (Å²) in [6.45, 7) is 5.99. The van der Waals surface area contributed by atoms with Gasteiger partial charge in [0.25, 0.3) is 0 Å². The number of unbranched alkanes of at least 4 members (excludes halogenated alkanes) is 1. The molecule has 3 nitrogen and oxygen atoms in total. The van der Waals surface area contributed by atoms with Crippen LogP contribution in [0.3, 0.4) is 0 Å². The second-order valence-corrected chi connectivity index (χ2v) is 7.27. The monoisotopic (exact) mass is 253 g/mol. The molecule has 0 aromatic rings. The molecule has 2 atom stereocenters. The Morgan fingerprint density at radius 3 is 2.47 bits per heavy atom. The molecule has 1 fully saturated rings. The first-order valence-corrected chi connectivity index (χ1v) is 7.52. The van der Waals surface area contributed by atoms with Crippen molar-refractivity contribution < 1.29 is 8.42 Å². The molecule has 1 aliphatic carbocycles. The van der Waals surface area contributed by atoms with E-state index in [1.54, 1.807) is 0 Å². The van der Waals surface area contributed by atoms with Crippen LogP contribution in [0.1, 0.15) is 40.0 Å². The van der Waals surface area contributed by atoms with Gasteiger partial charge in [0.05, 0.1) is 5.75 Å². The largest absolute Gasteiger partial charge is 0.212 e. The molecule has 1 saturated carbocycles. The summed E-state index contributed by atoms with van der Waals surface area (Å²) < 4.78 is 26.0. The lowest BCUT2D eigenvalue weighted by atomic mass is 9.67. The standard InChI is InChI=1S/C10H20ClNO2S/c1-4-5-6-15(13,14)12-9-7-8(11)10(9,2)3/h8-9,12H,4-7H2,1-3H3. The van der Waals surface area contributed by atoms with Crippen molar-refractivity contribution in [3.63, 3.8) is 0 Å². The molecule has 5 heteroatoms. The Labute approximate surface area is 97.6 Å². The second kappa shape index (κ2) is 4.60. The number of hydrogen-bond acceptors (Lipinski definition) is 2. The van der Waals surface area contributed by atoms with E-state index in [0.29, 0.717) is 6.42 Å². The van der Waals surface area contributed by atoms with Crippen molar-refractivity contribution in [1.29, 1.82) is 0 Å². The second-order valence-electron chi connectivity index (χ2n) is 4.87. The van der Waals surface area contributed by atoms with Crippen LogP contribution in [-0.2, 0) is 10.0 Å². The fourth-order valence-electron chi connectivity index (χ4n) is 1.68. The van der Waals surface area contributed by atoms with Gasteiger partial charge < -0.3 is 0 Å². The third kappa shape index (κ3) is 3.08. The van der Waals surface area contributed by atoms with Gasteiger partial charge in [-0.25, -0.2) is 13.1 Å². The molecule has 0 bridgehead atoms. The van der Waals surface area contributed by atoms with Gasteiger partial charge in [0.15, 0.2) is 0 Å². The molecular weight excluding hydrogens is 234 g/mol. The zero-order chi connectivity index (χ0) is 11.7. The molecule has 1 N–H and O–H groups in total. The predicted molar refractivity (Wildman–Crippen MR) is 63.7 cm³/mol. The summed E-state index contributed by atoms with van der Waals surface area (Å²) in [4.78, 5) is 0. The van der Waals surface area contributed by atoms with Crippen LogP contribution in [-0.4, -0.2) is 25.6 Å². The summed E-state index contributed by atoms with van der Waals surface area (Å²) in [7, 11) is -3.11. The minimum absolute atomic E-state index is 0.00172. The predicted octanol–water partition coefficient (Wildman–Crippen LogP) is 2.11. The molecule has 0 aromatic heterocycles. The van der Waals surface area contributed by atoms with Crippen LogP contribution in [0.25, 0.3) is 0 Å². The van der Waals surface area contributed by atoms with E-state index in [1.165, 1.54) is 0 Å². The molecule has 0 saturated heterocycles. The first-order valence-electron chi connectivity index (χ1n) is 5.43. The number of nitrogens with one attached hydrogen (secondary N) is 1. The van der Waals surface area contributed by atoms with Crippen LogP contribution >= 0.6 is 11.6 Å². The Bertz CT molecular complexity index is 313. The van der Waals surface area contributed by atoms with E-state index in [2.05, 4.69) is 4.72 Å². The van der Waals surface area contributed by atoms with Gasteiger partial charge in [-0.15, -0.1) is 11.6 Å². The third-order valence-electron chi connectivity index (χ3n) is 3.24. The molecule has 2 unspecified atom stereocenters. The van der Waals surface area contributed by atoms with Gasteiger partial charge in [-0.1, -0.05) is 27.2 Å². The lowest BCUT2D eigenvalue weighted by molar-refractivity contribution is 0.137. The maximum atomic E-state index is 11.6. The van der Waals surface area contributed by atoms with Crippen LogP contribution in [0.5, 0.6) is 0 Å². The molecule has 0 heterocycles. The fourth-order valence-corrected chi connectivity index (χ4v) is 3.63. The highest BCUT2D eigenvalue weighted by Gasteiger charge is 2.48. The summed E-state index contributed by atoms with van der Waals surface area (Å²) in [5.41, 5.74) is -0.124. The normalized spacial score (nSPS) is 29.9. The molecule has 1 rings (SSSR count). The number of alkyl halides is 1. The molecule has 0 spiro atoms. The fraction of sp³-hybridized carbons (Fsp3) is 1.00. The minimum atomic E-state index is -3.11. The van der Waals surface area contributed by atoms with E-state index in [4.69, 9.17) is 11.6 Å². The van der Waals surface area contributed by atoms with Crippen molar-refractivity contribution >= 4 is 21.6 Å². The highest BCUT2D eigenvalue weighted by molar-refractivity contribution is 7.89. The number of halogens is 1. The van der Waals surface area contributed by atoms with Crippen molar-refractivity contribution in [2.45, 2.75) is 51.5 Å². The Kier molecular flexibility index (Phi) is 4.07. The third-order valence-corrected chi connectivity index (χ3v) is 5.45. The summed E-state index contributed by atoms with van der Waals surface area (Å²) in [5.74, 6) is 0.225. The van der Waals surface area contributed by atoms with Crippen LogP contribution < -0.4 is 4.72 Å². The summed E-state index contributed by atoms with van der Waals surface area (Å²) in [5, 5.41) is 0.0800. The van der Waals surface area contributed by atoms with Gasteiger partial charge in [-0.2, -0.15) is 0 Å². The van der Waals surface area contributed by atoms with Crippen LogP contribution in [0.15, 0.2) is 0 Å². The zero-order valence-electron chi connectivity index (χ0n) is 9.59. The highest BCUT2D eigenvalue weighted by atomic mass is 35.5. The van der Waals surface area contributed by atoms with Crippen molar-refractivity contribution in [3.8, 4) is 0 Å². The van der Waals surface area contributed by atoms with Gasteiger partial charge in [0, 0.05) is 11.4 Å². The van der Waals surface area contributed by atoms with Gasteiger partial charge >= 0.3 is 0 Å². The van der Waals surface area contributed by atoms with Crippen molar-refractivity contribution in [2.24, 2.45) is 5.41 Å². The molecule has 90 valence electrons. The SMILES string of the molecule is CCCCS(=O)(=O)NC1CC(Cl)C1(C)C.